The predicted octanol–water partition coefficient (Wildman–Crippen LogP) is 15.4. The van der Waals surface area contributed by atoms with Crippen molar-refractivity contribution >= 4 is 41.6 Å². The summed E-state index contributed by atoms with van der Waals surface area (Å²) in [5.74, 6) is 2.14. The number of ether oxygens (including phenoxy) is 5. The monoisotopic (exact) mass is 1320 g/mol. The van der Waals surface area contributed by atoms with Crippen molar-refractivity contribution in [3.05, 3.63) is 204 Å². The molecule has 0 bridgehead atoms. The molecule has 29 heteroatoms. The summed E-state index contributed by atoms with van der Waals surface area (Å²) in [4.78, 5) is -3.22. The van der Waals surface area contributed by atoms with Gasteiger partial charge in [0.05, 0.1) is 38.7 Å². The molecule has 0 aliphatic rings. The second kappa shape index (κ2) is 25.0. The fraction of sp³-hybridized carbons (Fsp3) is 0.133. The molecule has 89 heavy (non-hydrogen) atoms. The third kappa shape index (κ3) is 12.9. The van der Waals surface area contributed by atoms with E-state index in [0.29, 0.717) is 90.3 Å². The van der Waals surface area contributed by atoms with E-state index in [2.05, 4.69) is 15.5 Å². The molecule has 1 N–H and O–H groups in total. The number of hydrogen-bond donors (Lipinski definition) is 1. The average molecular weight is 1320 g/mol. The van der Waals surface area contributed by atoms with E-state index in [1.54, 1.807) is 0 Å². The second-order valence-electron chi connectivity index (χ2n) is 18.5. The van der Waals surface area contributed by atoms with Gasteiger partial charge >= 0.3 is 34.8 Å². The number of alkyl halides is 12. The minimum Gasteiger partial charge on any atom is -0.497 e. The van der Waals surface area contributed by atoms with Crippen LogP contribution in [0.15, 0.2) is 211 Å². The van der Waals surface area contributed by atoms with Gasteiger partial charge in [0.1, 0.15) is 50.9 Å². The van der Waals surface area contributed by atoms with Crippen LogP contribution in [0.2, 0.25) is 0 Å². The maximum absolute atomic E-state index is 15.2. The smallest absolute Gasteiger partial charge is 0.411 e. The lowest BCUT2D eigenvalue weighted by Gasteiger charge is -2.38. The molecule has 0 saturated heterocycles. The van der Waals surface area contributed by atoms with Gasteiger partial charge in [0.2, 0.25) is 30.5 Å². The van der Waals surface area contributed by atoms with Crippen molar-refractivity contribution in [2.24, 2.45) is 0 Å². The number of rotatable bonds is 19. The Balaban J connectivity index is 1.06. The van der Waals surface area contributed by atoms with Crippen LogP contribution in [0.1, 0.15) is 22.3 Å². The molecule has 8 rings (SSSR count). The lowest BCUT2D eigenvalue weighted by molar-refractivity contribution is -0.290. The highest BCUT2D eigenvalue weighted by molar-refractivity contribution is 8.04. The standard InChI is InChI=1S/C60H38F12O13S4/c1-4-5-34-86-53-35-49(88(76,77)50-31-33-52(54(36-50)89(78,79)85-73)84-46-20-12-40(13-21-46)55(57(61,62)63,58(64,65)66)37-6-14-41(80-2)15-7-37)30-32-51(53)83-45-18-10-39(11-19-45)56(59(67,68)69,60(70,71)72)38-8-16-43(17-9-38)82-44-24-28-48(29-25-44)87(74,75)47-26-22-42(81-3)23-27-47/h1,6-33,35-36,73H,2-3H3. The Kier molecular flexibility index (Phi) is 18.6. The highest BCUT2D eigenvalue weighted by Crippen LogP contribution is 2.58. The molecule has 0 fully saturated rings. The van der Waals surface area contributed by atoms with E-state index in [1.165, 1.54) is 55.6 Å². The zero-order chi connectivity index (χ0) is 65.2. The van der Waals surface area contributed by atoms with Crippen LogP contribution < -0.4 is 23.7 Å². The summed E-state index contributed by atoms with van der Waals surface area (Å²) in [6.07, 6.45) is -18.9. The van der Waals surface area contributed by atoms with Gasteiger partial charge < -0.3 is 23.7 Å². The minimum absolute atomic E-state index is 0.0265. The Labute approximate surface area is 503 Å². The third-order valence-electron chi connectivity index (χ3n) is 13.4. The van der Waals surface area contributed by atoms with E-state index in [-0.39, 0.29) is 37.7 Å². The van der Waals surface area contributed by atoms with Crippen LogP contribution in [-0.2, 0) is 45.0 Å². The Morgan fingerprint density at radius 1 is 0.404 bits per heavy atom. The molecule has 464 valence electrons. The lowest BCUT2D eigenvalue weighted by Crippen LogP contribution is -2.54. The highest BCUT2D eigenvalue weighted by atomic mass is 32.2. The molecule has 8 aromatic carbocycles. The van der Waals surface area contributed by atoms with Crippen LogP contribution in [0.3, 0.4) is 0 Å². The second-order valence-corrected chi connectivity index (χ2v) is 24.7. The van der Waals surface area contributed by atoms with Crippen LogP contribution in [0, 0.1) is 23.5 Å². The Morgan fingerprint density at radius 3 is 1.07 bits per heavy atom. The summed E-state index contributed by atoms with van der Waals surface area (Å²) in [6, 6.07) is 25.2. The molecule has 0 amide bonds. The molecule has 0 atom stereocenters. The number of halogens is 12. The number of thioether (sulfide) groups is 1. The van der Waals surface area contributed by atoms with E-state index < -0.39 is 120 Å². The number of methoxy groups -OCH3 is 2. The third-order valence-corrected chi connectivity index (χ3v) is 18.7. The fourth-order valence-corrected chi connectivity index (χ4v) is 13.2. The molecule has 0 saturated carbocycles. The van der Waals surface area contributed by atoms with Gasteiger partial charge in [0.15, 0.2) is 0 Å². The van der Waals surface area contributed by atoms with Crippen LogP contribution >= 0.6 is 11.8 Å². The maximum Gasteiger partial charge on any atom is 0.411 e. The van der Waals surface area contributed by atoms with Gasteiger partial charge in [0.25, 0.3) is 0 Å². The van der Waals surface area contributed by atoms with Crippen LogP contribution in [0.4, 0.5) is 52.7 Å². The van der Waals surface area contributed by atoms with E-state index in [9.17, 15) is 56.9 Å². The molecule has 0 spiro atoms. The number of terminal acetylenes is 1. The zero-order valence-electron chi connectivity index (χ0n) is 44.9. The molecular formula is C60H38F12O13S4. The molecule has 13 nitrogen and oxygen atoms in total. The van der Waals surface area contributed by atoms with Gasteiger partial charge in [-0.1, -0.05) is 48.5 Å². The van der Waals surface area contributed by atoms with Crippen LogP contribution in [0.5, 0.6) is 46.0 Å². The largest absolute Gasteiger partial charge is 0.497 e. The van der Waals surface area contributed by atoms with Gasteiger partial charge in [-0.2, -0.15) is 61.1 Å². The summed E-state index contributed by atoms with van der Waals surface area (Å²) >= 11 is 0.523. The first-order valence-corrected chi connectivity index (χ1v) is 29.9. The van der Waals surface area contributed by atoms with Crippen molar-refractivity contribution in [1.82, 2.24) is 0 Å². The van der Waals surface area contributed by atoms with E-state index >= 15 is 26.3 Å². The Morgan fingerprint density at radius 2 is 0.708 bits per heavy atom. The molecule has 0 aliphatic carbocycles. The van der Waals surface area contributed by atoms with Crippen molar-refractivity contribution in [3.8, 4) is 69.5 Å². The van der Waals surface area contributed by atoms with Gasteiger partial charge in [-0.3, -0.25) is 0 Å². The van der Waals surface area contributed by atoms with Gasteiger partial charge in [0, 0.05) is 0 Å². The van der Waals surface area contributed by atoms with Gasteiger partial charge in [-0.25, -0.2) is 22.1 Å². The first kappa shape index (κ1) is 66.1. The first-order chi connectivity index (χ1) is 41.7. The highest BCUT2D eigenvalue weighted by Gasteiger charge is 2.73. The summed E-state index contributed by atoms with van der Waals surface area (Å²) in [6.45, 7) is 0. The van der Waals surface area contributed by atoms with Crippen molar-refractivity contribution in [2.45, 2.75) is 64.9 Å². The Bertz CT molecular complexity index is 4320. The molecular weight excluding hydrogens is 1280 g/mol. The van der Waals surface area contributed by atoms with E-state index in [0.717, 1.165) is 67.8 Å². The van der Waals surface area contributed by atoms with Crippen LogP contribution in [-0.4, -0.2) is 69.4 Å². The molecule has 0 heterocycles. The molecule has 0 unspecified atom stereocenters. The molecule has 0 aromatic heterocycles. The summed E-state index contributed by atoms with van der Waals surface area (Å²) in [7, 11) is -11.8. The molecule has 0 radical (unpaired) electrons. The van der Waals surface area contributed by atoms with Gasteiger partial charge in [-0.05, 0) is 185 Å². The summed E-state index contributed by atoms with van der Waals surface area (Å²) < 4.78 is 291. The topological polar surface area (TPSA) is 178 Å². The van der Waals surface area contributed by atoms with Crippen molar-refractivity contribution < 1.29 is 111 Å². The summed E-state index contributed by atoms with van der Waals surface area (Å²) in [5, 5.41) is 11.8. The van der Waals surface area contributed by atoms with Crippen LogP contribution in [0.25, 0.3) is 0 Å². The summed E-state index contributed by atoms with van der Waals surface area (Å²) in [5.41, 5.74) is -14.5. The van der Waals surface area contributed by atoms with E-state index in [1.807, 2.05) is 5.92 Å². The Hall–Kier alpha value is -8.84. The first-order valence-electron chi connectivity index (χ1n) is 24.7. The fourth-order valence-electron chi connectivity index (χ4n) is 9.13. The minimum atomic E-state index is -6.06. The normalized spacial score (nSPS) is 12.7. The maximum atomic E-state index is 15.2. The van der Waals surface area contributed by atoms with E-state index in [4.69, 9.17) is 30.1 Å². The van der Waals surface area contributed by atoms with Crippen molar-refractivity contribution in [3.63, 3.8) is 0 Å². The van der Waals surface area contributed by atoms with Gasteiger partial charge in [-0.15, -0.1) is 10.8 Å². The number of benzene rings is 8. The number of sulfone groups is 2. The SMILES string of the molecule is C#CC#CSc1cc(S(=O)(=O)c2ccc(Oc3ccc(C(c4ccc(OC)cc4)(C(F)(F)F)C(F)(F)F)cc3)c(S(=O)(=O)OO)c2)ccc1Oc1ccc(C(c2ccc(Oc3ccc(S(=O)(=O)c4ccc(OC)cc4)cc3)cc2)(C(F)(F)F)C(F)(F)F)cc1. The van der Waals surface area contributed by atoms with Crippen molar-refractivity contribution in [2.75, 3.05) is 14.2 Å². The lowest BCUT2D eigenvalue weighted by atomic mass is 9.73. The quantitative estimate of drug-likeness (QED) is 0.0266. The molecule has 0 aliphatic heterocycles. The average Bonchev–Trinajstić information content (AvgIpc) is 0.852. The number of hydrogen-bond acceptors (Lipinski definition) is 14. The van der Waals surface area contributed by atoms with Crippen molar-refractivity contribution in [1.29, 1.82) is 0 Å². The predicted molar refractivity (Wildman–Crippen MR) is 295 cm³/mol. The zero-order valence-corrected chi connectivity index (χ0v) is 48.2. The molecule has 8 aromatic rings.